The van der Waals surface area contributed by atoms with Crippen molar-refractivity contribution in [2.45, 2.75) is 32.9 Å². The highest BCUT2D eigenvalue weighted by Crippen LogP contribution is 2.41. The molecular weight excluding hydrogens is 310 g/mol. The molecule has 0 amide bonds. The van der Waals surface area contributed by atoms with E-state index >= 15 is 0 Å². The quantitative estimate of drug-likeness (QED) is 0.855. The maximum Gasteiger partial charge on any atom is 0.170 e. The highest BCUT2D eigenvalue weighted by molar-refractivity contribution is 7.80. The van der Waals surface area contributed by atoms with Crippen molar-refractivity contribution < 1.29 is 0 Å². The van der Waals surface area contributed by atoms with Crippen molar-refractivity contribution in [2.24, 2.45) is 5.92 Å². The molecule has 116 valence electrons. The lowest BCUT2D eigenvalue weighted by molar-refractivity contribution is 0.291. The van der Waals surface area contributed by atoms with Crippen LogP contribution in [0.4, 0.5) is 0 Å². The van der Waals surface area contributed by atoms with E-state index in [0.717, 1.165) is 17.4 Å². The van der Waals surface area contributed by atoms with E-state index in [0.29, 0.717) is 5.92 Å². The fraction of sp³-hybridized carbons (Fsp3) is 0.412. The van der Waals surface area contributed by atoms with Crippen LogP contribution < -0.4 is 5.32 Å². The molecule has 2 atom stereocenters. The molecule has 2 aromatic rings. The van der Waals surface area contributed by atoms with Gasteiger partial charge in [0.2, 0.25) is 0 Å². The number of rotatable bonds is 4. The average molecular weight is 332 g/mol. The molecule has 0 aromatic carbocycles. The molecule has 2 aromatic heterocycles. The molecule has 0 radical (unpaired) electrons. The van der Waals surface area contributed by atoms with E-state index in [9.17, 15) is 0 Å². The smallest absolute Gasteiger partial charge is 0.170 e. The minimum Gasteiger partial charge on any atom is -0.352 e. The minimum atomic E-state index is 0.116. The molecule has 1 aliphatic rings. The van der Waals surface area contributed by atoms with Gasteiger partial charge in [0.25, 0.3) is 0 Å². The van der Waals surface area contributed by atoms with Crippen LogP contribution in [-0.4, -0.2) is 21.5 Å². The van der Waals surface area contributed by atoms with Gasteiger partial charge in [-0.25, -0.2) is 0 Å². The van der Waals surface area contributed by atoms with Gasteiger partial charge >= 0.3 is 0 Å². The molecule has 0 saturated carbocycles. The van der Waals surface area contributed by atoms with Crippen molar-refractivity contribution >= 4 is 28.7 Å². The van der Waals surface area contributed by atoms with Gasteiger partial charge in [-0.3, -0.25) is 4.98 Å². The predicted octanol–water partition coefficient (Wildman–Crippen LogP) is 4.08. The van der Waals surface area contributed by atoms with Crippen molar-refractivity contribution in [3.8, 4) is 0 Å². The average Bonchev–Trinajstić information content (AvgIpc) is 3.04. The lowest BCUT2D eigenvalue weighted by Crippen LogP contribution is -2.32. The number of nitrogens with one attached hydrogen (secondary N) is 1. The number of pyridine rings is 1. The Labute approximate surface area is 141 Å². The van der Waals surface area contributed by atoms with Crippen LogP contribution >= 0.6 is 23.6 Å². The molecule has 22 heavy (non-hydrogen) atoms. The van der Waals surface area contributed by atoms with E-state index in [1.165, 1.54) is 9.75 Å². The summed E-state index contributed by atoms with van der Waals surface area (Å²) in [6.07, 6.45) is 1.85. The minimum absolute atomic E-state index is 0.116. The van der Waals surface area contributed by atoms with Crippen LogP contribution in [0.2, 0.25) is 0 Å². The number of aromatic nitrogens is 1. The summed E-state index contributed by atoms with van der Waals surface area (Å²) in [5.41, 5.74) is 1.05. The maximum absolute atomic E-state index is 5.61. The first-order valence-electron chi connectivity index (χ1n) is 7.60. The number of aryl methyl sites for hydroxylation is 1. The van der Waals surface area contributed by atoms with Gasteiger partial charge in [0.1, 0.15) is 0 Å². The third-order valence-electron chi connectivity index (χ3n) is 3.81. The highest BCUT2D eigenvalue weighted by atomic mass is 32.1. The molecule has 1 N–H and O–H groups in total. The third kappa shape index (κ3) is 3.01. The monoisotopic (exact) mass is 331 g/mol. The Bertz CT molecular complexity index is 651. The lowest BCUT2D eigenvalue weighted by Gasteiger charge is -2.28. The fourth-order valence-corrected chi connectivity index (χ4v) is 4.26. The van der Waals surface area contributed by atoms with Crippen LogP contribution in [0, 0.1) is 12.8 Å². The van der Waals surface area contributed by atoms with Crippen LogP contribution in [0.25, 0.3) is 0 Å². The van der Waals surface area contributed by atoms with E-state index in [-0.39, 0.29) is 12.1 Å². The van der Waals surface area contributed by atoms with Gasteiger partial charge in [-0.05, 0) is 49.3 Å². The van der Waals surface area contributed by atoms with Gasteiger partial charge in [-0.2, -0.15) is 0 Å². The van der Waals surface area contributed by atoms with Crippen LogP contribution in [0.3, 0.4) is 0 Å². The van der Waals surface area contributed by atoms with Crippen molar-refractivity contribution in [3.05, 3.63) is 52.0 Å². The highest BCUT2D eigenvalue weighted by Gasteiger charge is 2.40. The topological polar surface area (TPSA) is 28.2 Å². The molecule has 1 fully saturated rings. The molecule has 3 nitrogen and oxygen atoms in total. The number of hydrogen-bond donors (Lipinski definition) is 1. The lowest BCUT2D eigenvalue weighted by atomic mass is 10.0. The zero-order chi connectivity index (χ0) is 15.7. The zero-order valence-corrected chi connectivity index (χ0v) is 14.7. The van der Waals surface area contributed by atoms with Crippen LogP contribution in [0.15, 0.2) is 36.5 Å². The molecule has 0 unspecified atom stereocenters. The molecule has 3 rings (SSSR count). The Balaban J connectivity index is 2.00. The van der Waals surface area contributed by atoms with E-state index in [1.807, 2.05) is 29.7 Å². The Hall–Kier alpha value is -1.46. The van der Waals surface area contributed by atoms with Gasteiger partial charge in [-0.15, -0.1) is 11.3 Å². The van der Waals surface area contributed by atoms with Gasteiger partial charge in [-0.1, -0.05) is 19.9 Å². The molecule has 3 heterocycles. The van der Waals surface area contributed by atoms with Gasteiger partial charge in [0, 0.05) is 22.5 Å². The zero-order valence-electron chi connectivity index (χ0n) is 13.1. The molecule has 1 saturated heterocycles. The van der Waals surface area contributed by atoms with Crippen molar-refractivity contribution in [1.29, 1.82) is 0 Å². The van der Waals surface area contributed by atoms with Gasteiger partial charge < -0.3 is 10.2 Å². The first kappa shape index (κ1) is 15.4. The summed E-state index contributed by atoms with van der Waals surface area (Å²) in [6, 6.07) is 10.8. The molecule has 0 aliphatic carbocycles. The molecule has 5 heteroatoms. The molecular formula is C17H21N3S2. The summed E-state index contributed by atoms with van der Waals surface area (Å²) in [5.74, 6) is 0.561. The van der Waals surface area contributed by atoms with Crippen molar-refractivity contribution in [2.75, 3.05) is 6.54 Å². The standard InChI is InChI=1S/C17H21N3S2/c1-11(2)10-20-16(14-8-7-12(3)22-14)15(19-17(20)21)13-6-4-5-9-18-13/h4-9,11,15-16H,10H2,1-3H3,(H,19,21)/t15-,16+/m0/s1. The van der Waals surface area contributed by atoms with Crippen LogP contribution in [0.5, 0.6) is 0 Å². The van der Waals surface area contributed by atoms with E-state index < -0.39 is 0 Å². The summed E-state index contributed by atoms with van der Waals surface area (Å²) >= 11 is 7.46. The third-order valence-corrected chi connectivity index (χ3v) is 5.24. The second-order valence-corrected chi connectivity index (χ2v) is 7.83. The summed E-state index contributed by atoms with van der Waals surface area (Å²) in [4.78, 5) is 9.55. The summed E-state index contributed by atoms with van der Waals surface area (Å²) < 4.78 is 0. The van der Waals surface area contributed by atoms with Gasteiger partial charge in [0.05, 0.1) is 17.8 Å². The van der Waals surface area contributed by atoms with Crippen LogP contribution in [0.1, 0.15) is 41.4 Å². The van der Waals surface area contributed by atoms with E-state index in [1.54, 1.807) is 0 Å². The molecule has 0 bridgehead atoms. The number of thiophene rings is 1. The maximum atomic E-state index is 5.61. The predicted molar refractivity (Wildman–Crippen MR) is 96.1 cm³/mol. The number of thiocarbonyl (C=S) groups is 1. The summed E-state index contributed by atoms with van der Waals surface area (Å²) in [7, 11) is 0. The first-order valence-corrected chi connectivity index (χ1v) is 8.83. The van der Waals surface area contributed by atoms with E-state index in [4.69, 9.17) is 12.2 Å². The van der Waals surface area contributed by atoms with E-state index in [2.05, 4.69) is 54.2 Å². The Morgan fingerprint density at radius 1 is 1.32 bits per heavy atom. The van der Waals surface area contributed by atoms with Crippen LogP contribution in [-0.2, 0) is 0 Å². The largest absolute Gasteiger partial charge is 0.352 e. The fourth-order valence-electron chi connectivity index (χ4n) is 2.92. The normalized spacial score (nSPS) is 21.5. The SMILES string of the molecule is Cc1ccc([C@@H]2[C@H](c3ccccn3)NC(=S)N2CC(C)C)s1. The Kier molecular flexibility index (Phi) is 4.45. The Morgan fingerprint density at radius 3 is 2.73 bits per heavy atom. The second kappa shape index (κ2) is 6.34. The van der Waals surface area contributed by atoms with Crippen molar-refractivity contribution in [1.82, 2.24) is 15.2 Å². The molecule has 0 spiro atoms. The second-order valence-electron chi connectivity index (χ2n) is 6.12. The van der Waals surface area contributed by atoms with Gasteiger partial charge in [0.15, 0.2) is 5.11 Å². The number of hydrogen-bond acceptors (Lipinski definition) is 3. The van der Waals surface area contributed by atoms with Crippen molar-refractivity contribution in [3.63, 3.8) is 0 Å². The molecule has 1 aliphatic heterocycles. The summed E-state index contributed by atoms with van der Waals surface area (Å²) in [5, 5.41) is 4.32. The number of nitrogens with zero attached hydrogens (tertiary/aromatic N) is 2. The first-order chi connectivity index (χ1) is 10.6. The summed E-state index contributed by atoms with van der Waals surface area (Å²) in [6.45, 7) is 7.56. The Morgan fingerprint density at radius 2 is 2.14 bits per heavy atom.